The highest BCUT2D eigenvalue weighted by atomic mass is 19.1. The molecule has 0 saturated carbocycles. The molecule has 0 bridgehead atoms. The lowest BCUT2D eigenvalue weighted by molar-refractivity contribution is 0.496. The summed E-state index contributed by atoms with van der Waals surface area (Å²) in [7, 11) is 0. The van der Waals surface area contributed by atoms with E-state index in [-0.39, 0.29) is 5.82 Å². The summed E-state index contributed by atoms with van der Waals surface area (Å²) >= 11 is 0. The van der Waals surface area contributed by atoms with Gasteiger partial charge in [-0.1, -0.05) is 13.0 Å². The third-order valence-corrected chi connectivity index (χ3v) is 2.66. The first-order valence-electron chi connectivity index (χ1n) is 6.00. The van der Waals surface area contributed by atoms with Gasteiger partial charge < -0.3 is 9.73 Å². The Labute approximate surface area is 105 Å². The number of rotatable bonds is 5. The molecule has 0 aliphatic carbocycles. The molecule has 96 valence electrons. The predicted molar refractivity (Wildman–Crippen MR) is 66.7 cm³/mol. The molecule has 0 aliphatic heterocycles. The monoisotopic (exact) mass is 249 g/mol. The summed E-state index contributed by atoms with van der Waals surface area (Å²) in [6.45, 7) is 5.62. The van der Waals surface area contributed by atoms with E-state index in [2.05, 4.69) is 15.5 Å². The Hall–Kier alpha value is -1.75. The van der Waals surface area contributed by atoms with Crippen molar-refractivity contribution in [1.82, 2.24) is 15.5 Å². The number of benzene rings is 1. The van der Waals surface area contributed by atoms with Crippen molar-refractivity contribution in [2.75, 3.05) is 13.1 Å². The molecule has 2 rings (SSSR count). The molecule has 0 fully saturated rings. The van der Waals surface area contributed by atoms with Crippen LogP contribution in [0.25, 0.3) is 11.5 Å². The quantitative estimate of drug-likeness (QED) is 0.826. The third-order valence-electron chi connectivity index (χ3n) is 2.66. The van der Waals surface area contributed by atoms with Crippen molar-refractivity contribution >= 4 is 0 Å². The number of likely N-dealkylation sites (N-methyl/N-ethyl adjacent to an activating group) is 1. The maximum Gasteiger partial charge on any atom is 0.248 e. The Morgan fingerprint density at radius 2 is 2.17 bits per heavy atom. The molecule has 1 aromatic heterocycles. The van der Waals surface area contributed by atoms with Crippen molar-refractivity contribution < 1.29 is 8.81 Å². The van der Waals surface area contributed by atoms with Gasteiger partial charge in [0.1, 0.15) is 5.82 Å². The van der Waals surface area contributed by atoms with Gasteiger partial charge in [-0.05, 0) is 31.2 Å². The van der Waals surface area contributed by atoms with Gasteiger partial charge in [0, 0.05) is 18.5 Å². The fraction of sp³-hybridized carbons (Fsp3) is 0.385. The first-order chi connectivity index (χ1) is 8.70. The summed E-state index contributed by atoms with van der Waals surface area (Å²) in [6, 6.07) is 4.53. The lowest BCUT2D eigenvalue weighted by Gasteiger charge is -2.00. The van der Waals surface area contributed by atoms with Gasteiger partial charge in [0.2, 0.25) is 11.8 Å². The van der Waals surface area contributed by atoms with Gasteiger partial charge in [-0.15, -0.1) is 10.2 Å². The van der Waals surface area contributed by atoms with Crippen molar-refractivity contribution in [3.63, 3.8) is 0 Å². The average molecular weight is 249 g/mol. The van der Waals surface area contributed by atoms with E-state index in [1.54, 1.807) is 6.07 Å². The minimum absolute atomic E-state index is 0.303. The molecule has 1 heterocycles. The van der Waals surface area contributed by atoms with Crippen LogP contribution in [0.1, 0.15) is 18.4 Å². The summed E-state index contributed by atoms with van der Waals surface area (Å²) in [5.74, 6) is 0.635. The average Bonchev–Trinajstić information content (AvgIpc) is 2.81. The van der Waals surface area contributed by atoms with Crippen LogP contribution in [0.2, 0.25) is 0 Å². The first kappa shape index (κ1) is 12.7. The molecular formula is C13H16FN3O. The maximum atomic E-state index is 13.2. The minimum Gasteiger partial charge on any atom is -0.421 e. The largest absolute Gasteiger partial charge is 0.421 e. The molecular weight excluding hydrogens is 233 g/mol. The lowest BCUT2D eigenvalue weighted by Crippen LogP contribution is -2.16. The minimum atomic E-state index is -0.303. The van der Waals surface area contributed by atoms with Crippen LogP contribution in [-0.2, 0) is 6.42 Å². The number of nitrogens with one attached hydrogen (secondary N) is 1. The van der Waals surface area contributed by atoms with Crippen LogP contribution in [0, 0.1) is 12.7 Å². The van der Waals surface area contributed by atoms with Crippen molar-refractivity contribution in [1.29, 1.82) is 0 Å². The van der Waals surface area contributed by atoms with Gasteiger partial charge in [0.05, 0.1) is 0 Å². The standard InChI is InChI=1S/C13H16FN3O/c1-3-15-7-6-12-16-17-13(18-12)11-8-10(14)5-4-9(11)2/h4-5,8,15H,3,6-7H2,1-2H3. The number of hydrogen-bond donors (Lipinski definition) is 1. The summed E-state index contributed by atoms with van der Waals surface area (Å²) in [4.78, 5) is 0. The molecule has 0 spiro atoms. The lowest BCUT2D eigenvalue weighted by atomic mass is 10.1. The number of aryl methyl sites for hydroxylation is 1. The van der Waals surface area contributed by atoms with Gasteiger partial charge in [-0.3, -0.25) is 0 Å². The third kappa shape index (κ3) is 2.92. The van der Waals surface area contributed by atoms with Crippen molar-refractivity contribution in [3.8, 4) is 11.5 Å². The molecule has 0 saturated heterocycles. The molecule has 0 amide bonds. The molecule has 1 aromatic carbocycles. The van der Waals surface area contributed by atoms with Crippen molar-refractivity contribution in [3.05, 3.63) is 35.5 Å². The van der Waals surface area contributed by atoms with Crippen LogP contribution in [0.5, 0.6) is 0 Å². The Morgan fingerprint density at radius 3 is 2.94 bits per heavy atom. The molecule has 0 aliphatic rings. The number of nitrogens with zero attached hydrogens (tertiary/aromatic N) is 2. The fourth-order valence-corrected chi connectivity index (χ4v) is 1.66. The highest BCUT2D eigenvalue weighted by Gasteiger charge is 2.11. The Balaban J connectivity index is 2.16. The number of hydrogen-bond acceptors (Lipinski definition) is 4. The van der Waals surface area contributed by atoms with Gasteiger partial charge in [0.15, 0.2) is 0 Å². The summed E-state index contributed by atoms with van der Waals surface area (Å²) in [6.07, 6.45) is 0.676. The van der Waals surface area contributed by atoms with Crippen molar-refractivity contribution in [2.45, 2.75) is 20.3 Å². The molecule has 0 unspecified atom stereocenters. The van der Waals surface area contributed by atoms with Crippen LogP contribution in [0.3, 0.4) is 0 Å². The smallest absolute Gasteiger partial charge is 0.248 e. The van der Waals surface area contributed by atoms with E-state index in [1.807, 2.05) is 13.8 Å². The van der Waals surface area contributed by atoms with Gasteiger partial charge in [-0.25, -0.2) is 4.39 Å². The zero-order valence-corrected chi connectivity index (χ0v) is 10.5. The molecule has 0 atom stereocenters. The first-order valence-corrected chi connectivity index (χ1v) is 6.00. The summed E-state index contributed by atoms with van der Waals surface area (Å²) < 4.78 is 18.7. The summed E-state index contributed by atoms with van der Waals surface area (Å²) in [5, 5.41) is 11.1. The van der Waals surface area contributed by atoms with Gasteiger partial charge in [0.25, 0.3) is 0 Å². The van der Waals surface area contributed by atoms with Gasteiger partial charge in [-0.2, -0.15) is 0 Å². The molecule has 0 radical (unpaired) electrons. The predicted octanol–water partition coefficient (Wildman–Crippen LogP) is 2.34. The molecule has 2 aromatic rings. The topological polar surface area (TPSA) is 51.0 Å². The number of aromatic nitrogens is 2. The van der Waals surface area contributed by atoms with E-state index in [1.165, 1.54) is 12.1 Å². The van der Waals surface area contributed by atoms with E-state index in [0.717, 1.165) is 18.7 Å². The molecule has 18 heavy (non-hydrogen) atoms. The second-order valence-electron chi connectivity index (χ2n) is 4.06. The van der Waals surface area contributed by atoms with E-state index in [0.29, 0.717) is 23.8 Å². The normalized spacial score (nSPS) is 10.8. The number of halogens is 1. The fourth-order valence-electron chi connectivity index (χ4n) is 1.66. The Morgan fingerprint density at radius 1 is 1.33 bits per heavy atom. The zero-order chi connectivity index (χ0) is 13.0. The second-order valence-corrected chi connectivity index (χ2v) is 4.06. The Kier molecular flexibility index (Phi) is 4.04. The molecule has 5 heteroatoms. The van der Waals surface area contributed by atoms with Crippen LogP contribution < -0.4 is 5.32 Å². The SMILES string of the molecule is CCNCCc1nnc(-c2cc(F)ccc2C)o1. The Bertz CT molecular complexity index is 525. The van der Waals surface area contributed by atoms with E-state index < -0.39 is 0 Å². The van der Waals surface area contributed by atoms with Gasteiger partial charge >= 0.3 is 0 Å². The molecule has 4 nitrogen and oxygen atoms in total. The van der Waals surface area contributed by atoms with Crippen LogP contribution in [0.15, 0.2) is 22.6 Å². The zero-order valence-electron chi connectivity index (χ0n) is 10.5. The maximum absolute atomic E-state index is 13.2. The van der Waals surface area contributed by atoms with E-state index in [4.69, 9.17) is 4.42 Å². The highest BCUT2D eigenvalue weighted by Crippen LogP contribution is 2.22. The summed E-state index contributed by atoms with van der Waals surface area (Å²) in [5.41, 5.74) is 1.57. The van der Waals surface area contributed by atoms with E-state index >= 15 is 0 Å². The van der Waals surface area contributed by atoms with Crippen LogP contribution >= 0.6 is 0 Å². The van der Waals surface area contributed by atoms with Crippen LogP contribution in [-0.4, -0.2) is 23.3 Å². The molecule has 1 N–H and O–H groups in total. The second kappa shape index (κ2) is 5.73. The van der Waals surface area contributed by atoms with E-state index in [9.17, 15) is 4.39 Å². The van der Waals surface area contributed by atoms with Crippen LogP contribution in [0.4, 0.5) is 4.39 Å². The van der Waals surface area contributed by atoms with Crippen molar-refractivity contribution in [2.24, 2.45) is 0 Å². The highest BCUT2D eigenvalue weighted by molar-refractivity contribution is 5.57.